The summed E-state index contributed by atoms with van der Waals surface area (Å²) in [5.74, 6) is -1.17. The number of hydrogen-bond acceptors (Lipinski definition) is 4. The van der Waals surface area contributed by atoms with Crippen LogP contribution >= 0.6 is 27.5 Å². The average Bonchev–Trinajstić information content (AvgIpc) is 2.87. The largest absolute Gasteiger partial charge is 0.287 e. The molecule has 3 rings (SSSR count). The van der Waals surface area contributed by atoms with Gasteiger partial charge in [-0.1, -0.05) is 33.6 Å². The molecule has 128 valence electrons. The zero-order valence-corrected chi connectivity index (χ0v) is 15.2. The second-order valence-corrected chi connectivity index (χ2v) is 6.76. The number of imide groups is 1. The summed E-state index contributed by atoms with van der Waals surface area (Å²) in [5.41, 5.74) is 5.98. The van der Waals surface area contributed by atoms with Gasteiger partial charge in [-0.15, -0.1) is 0 Å². The Morgan fingerprint density at radius 2 is 1.88 bits per heavy atom. The van der Waals surface area contributed by atoms with Crippen LogP contribution in [0.1, 0.15) is 16.8 Å². The van der Waals surface area contributed by atoms with Gasteiger partial charge >= 0.3 is 0 Å². The van der Waals surface area contributed by atoms with Crippen molar-refractivity contribution in [3.05, 3.63) is 63.6 Å². The summed E-state index contributed by atoms with van der Waals surface area (Å²) < 4.78 is 0.765. The Balaban J connectivity index is 1.66. The number of nitrogens with zero attached hydrogens (tertiary/aromatic N) is 1. The quantitative estimate of drug-likeness (QED) is 0.586. The van der Waals surface area contributed by atoms with E-state index in [2.05, 4.69) is 26.8 Å². The van der Waals surface area contributed by atoms with E-state index in [1.807, 2.05) is 0 Å². The number of benzene rings is 2. The lowest BCUT2D eigenvalue weighted by Crippen LogP contribution is -2.48. The minimum absolute atomic E-state index is 0.0414. The number of nitrogens with one attached hydrogen (secondary N) is 2. The first-order chi connectivity index (χ1) is 12.0. The van der Waals surface area contributed by atoms with Crippen LogP contribution in [0.4, 0.5) is 5.69 Å². The Hall–Kier alpha value is -2.22. The van der Waals surface area contributed by atoms with Gasteiger partial charge in [0.05, 0.1) is 12.1 Å². The fourth-order valence-electron chi connectivity index (χ4n) is 2.46. The third kappa shape index (κ3) is 3.89. The first kappa shape index (κ1) is 17.6. The summed E-state index contributed by atoms with van der Waals surface area (Å²) in [4.78, 5) is 37.8. The molecule has 2 aromatic rings. The minimum Gasteiger partial charge on any atom is -0.287 e. The first-order valence-corrected chi connectivity index (χ1v) is 8.56. The van der Waals surface area contributed by atoms with E-state index in [4.69, 9.17) is 11.6 Å². The molecule has 1 fully saturated rings. The van der Waals surface area contributed by atoms with Gasteiger partial charge in [-0.05, 0) is 42.5 Å². The summed E-state index contributed by atoms with van der Waals surface area (Å²) in [6.45, 7) is 0. The Labute approximate surface area is 157 Å². The highest BCUT2D eigenvalue weighted by atomic mass is 79.9. The molecule has 1 aliphatic heterocycles. The van der Waals surface area contributed by atoms with Crippen LogP contribution in [0.5, 0.6) is 0 Å². The van der Waals surface area contributed by atoms with Crippen molar-refractivity contribution >= 4 is 50.9 Å². The van der Waals surface area contributed by atoms with Gasteiger partial charge in [0.15, 0.2) is 0 Å². The van der Waals surface area contributed by atoms with Crippen LogP contribution in [-0.2, 0) is 9.59 Å². The van der Waals surface area contributed by atoms with Gasteiger partial charge in [0.1, 0.15) is 6.04 Å². The molecule has 2 aromatic carbocycles. The molecule has 8 heteroatoms. The van der Waals surface area contributed by atoms with E-state index in [-0.39, 0.29) is 12.3 Å². The van der Waals surface area contributed by atoms with Gasteiger partial charge < -0.3 is 0 Å². The maximum Gasteiger partial charge on any atom is 0.265 e. The molecule has 25 heavy (non-hydrogen) atoms. The van der Waals surface area contributed by atoms with Gasteiger partial charge in [-0.2, -0.15) is 0 Å². The maximum atomic E-state index is 12.5. The van der Waals surface area contributed by atoms with Gasteiger partial charge in [-0.25, -0.2) is 10.3 Å². The molecule has 2 N–H and O–H groups in total. The number of rotatable bonds is 4. The molecule has 0 unspecified atom stereocenters. The van der Waals surface area contributed by atoms with Crippen molar-refractivity contribution in [2.24, 2.45) is 0 Å². The lowest BCUT2D eigenvalue weighted by atomic mass is 10.2. The Morgan fingerprint density at radius 1 is 1.16 bits per heavy atom. The van der Waals surface area contributed by atoms with E-state index in [9.17, 15) is 14.4 Å². The second kappa shape index (κ2) is 7.35. The van der Waals surface area contributed by atoms with Crippen molar-refractivity contribution in [1.82, 2.24) is 10.9 Å². The third-order valence-electron chi connectivity index (χ3n) is 3.68. The van der Waals surface area contributed by atoms with Crippen LogP contribution in [0.15, 0.2) is 53.0 Å². The highest BCUT2D eigenvalue weighted by molar-refractivity contribution is 9.10. The van der Waals surface area contributed by atoms with Crippen LogP contribution in [0.2, 0.25) is 5.02 Å². The molecule has 1 aliphatic rings. The van der Waals surface area contributed by atoms with Gasteiger partial charge in [-0.3, -0.25) is 19.8 Å². The Bertz CT molecular complexity index is 841. The summed E-state index contributed by atoms with van der Waals surface area (Å²) in [6.07, 6.45) is -0.0414. The van der Waals surface area contributed by atoms with E-state index in [0.717, 1.165) is 9.37 Å². The molecule has 0 aliphatic carbocycles. The summed E-state index contributed by atoms with van der Waals surface area (Å²) in [5, 5.41) is 0.513. The normalized spacial score (nSPS) is 17.0. The van der Waals surface area contributed by atoms with Crippen molar-refractivity contribution in [2.75, 3.05) is 4.90 Å². The highest BCUT2D eigenvalue weighted by Gasteiger charge is 2.39. The van der Waals surface area contributed by atoms with Crippen molar-refractivity contribution in [1.29, 1.82) is 0 Å². The van der Waals surface area contributed by atoms with Crippen molar-refractivity contribution in [2.45, 2.75) is 12.5 Å². The predicted octanol–water partition coefficient (Wildman–Crippen LogP) is 2.67. The molecule has 6 nitrogen and oxygen atoms in total. The van der Waals surface area contributed by atoms with Gasteiger partial charge in [0.25, 0.3) is 11.8 Å². The maximum absolute atomic E-state index is 12.5. The summed E-state index contributed by atoms with van der Waals surface area (Å²) in [6, 6.07) is 12.4. The molecule has 0 aromatic heterocycles. The first-order valence-electron chi connectivity index (χ1n) is 7.39. The van der Waals surface area contributed by atoms with E-state index >= 15 is 0 Å². The van der Waals surface area contributed by atoms with E-state index in [1.165, 1.54) is 0 Å². The molecular weight excluding hydrogens is 410 g/mol. The lowest BCUT2D eigenvalue weighted by Gasteiger charge is -2.16. The van der Waals surface area contributed by atoms with Crippen LogP contribution in [0, 0.1) is 0 Å². The average molecular weight is 423 g/mol. The van der Waals surface area contributed by atoms with Gasteiger partial charge in [0, 0.05) is 15.1 Å². The monoisotopic (exact) mass is 421 g/mol. The minimum atomic E-state index is -0.820. The molecule has 0 spiro atoms. The van der Waals surface area contributed by atoms with Crippen molar-refractivity contribution < 1.29 is 14.4 Å². The number of carbonyl (C=O) groups is 3. The predicted molar refractivity (Wildman–Crippen MR) is 97.1 cm³/mol. The number of hydrogen-bond donors (Lipinski definition) is 2. The fourth-order valence-corrected chi connectivity index (χ4v) is 2.99. The number of halogens is 2. The number of anilines is 1. The Morgan fingerprint density at radius 3 is 2.56 bits per heavy atom. The smallest absolute Gasteiger partial charge is 0.265 e. The molecule has 0 radical (unpaired) electrons. The summed E-state index contributed by atoms with van der Waals surface area (Å²) in [7, 11) is 0. The van der Waals surface area contributed by atoms with Crippen LogP contribution in [0.3, 0.4) is 0 Å². The standard InChI is InChI=1S/C17H13BrClN3O3/c18-11-3-1-2-10(8-11)16(24)21-20-14-9-15(23)22(17(14)25)13-6-4-12(19)5-7-13/h1-8,14,20H,9H2,(H,21,24)/t14-/m1/s1. The fraction of sp³-hybridized carbons (Fsp3) is 0.118. The number of carbonyl (C=O) groups excluding carboxylic acids is 3. The number of amides is 3. The van der Waals surface area contributed by atoms with E-state index in [0.29, 0.717) is 16.3 Å². The zero-order chi connectivity index (χ0) is 18.0. The van der Waals surface area contributed by atoms with Crippen LogP contribution in [-0.4, -0.2) is 23.8 Å². The SMILES string of the molecule is O=C(NN[C@@H]1CC(=O)N(c2ccc(Cl)cc2)C1=O)c1cccc(Br)c1. The number of hydrazine groups is 1. The van der Waals surface area contributed by atoms with Crippen molar-refractivity contribution in [3.8, 4) is 0 Å². The lowest BCUT2D eigenvalue weighted by molar-refractivity contribution is -0.121. The zero-order valence-electron chi connectivity index (χ0n) is 12.8. The molecule has 1 atom stereocenters. The van der Waals surface area contributed by atoms with Crippen LogP contribution in [0.25, 0.3) is 0 Å². The molecule has 1 heterocycles. The topological polar surface area (TPSA) is 78.5 Å². The third-order valence-corrected chi connectivity index (χ3v) is 4.42. The molecule has 0 saturated carbocycles. The van der Waals surface area contributed by atoms with E-state index < -0.39 is 17.9 Å². The molecule has 1 saturated heterocycles. The summed E-state index contributed by atoms with van der Waals surface area (Å²) >= 11 is 9.11. The molecule has 0 bridgehead atoms. The highest BCUT2D eigenvalue weighted by Crippen LogP contribution is 2.24. The molecular formula is C17H13BrClN3O3. The Kier molecular flexibility index (Phi) is 5.17. The van der Waals surface area contributed by atoms with Gasteiger partial charge in [0.2, 0.25) is 5.91 Å². The van der Waals surface area contributed by atoms with Crippen molar-refractivity contribution in [3.63, 3.8) is 0 Å². The van der Waals surface area contributed by atoms with Crippen LogP contribution < -0.4 is 15.8 Å². The van der Waals surface area contributed by atoms with E-state index in [1.54, 1.807) is 48.5 Å². The second-order valence-electron chi connectivity index (χ2n) is 5.41. The molecule has 3 amide bonds.